The first kappa shape index (κ1) is 80.5. The number of amides is 12. The second-order valence-electron chi connectivity index (χ2n) is 25.5. The monoisotopic (exact) mass is 1380 g/mol. The number of rotatable bonds is 31. The molecule has 536 valence electrons. The first-order valence-electron chi connectivity index (χ1n) is 32.5. The average molecular weight is 1380 g/mol. The summed E-state index contributed by atoms with van der Waals surface area (Å²) in [4.78, 5) is 213. The number of hydrogen-bond donors (Lipinski definition) is 16. The van der Waals surface area contributed by atoms with Gasteiger partial charge in [0.15, 0.2) is 0 Å². The molecule has 1 fully saturated rings. The molecule has 2 aliphatic rings. The molecule has 0 bridgehead atoms. The molecule has 12 amide bonds. The highest BCUT2D eigenvalue weighted by Gasteiger charge is 2.46. The first-order valence-corrected chi connectivity index (χ1v) is 33.4. The van der Waals surface area contributed by atoms with Crippen LogP contribution in [0.4, 0.5) is 0 Å². The summed E-state index contributed by atoms with van der Waals surface area (Å²) in [6, 6.07) is -11.0. The Hall–Kier alpha value is -8.89. The summed E-state index contributed by atoms with van der Waals surface area (Å²) < 4.78 is 0. The van der Waals surface area contributed by atoms with E-state index in [1.54, 1.807) is 58.0 Å². The number of primary amides is 1. The lowest BCUT2D eigenvalue weighted by Gasteiger charge is -2.37. The SMILES string of the molecule is CC(C)C[C@H](NC(=O)[C@@H]1CSC([C@@H](N)C(C)C)=N1)C(=O)N[C@H](CCC(=O)O)C(=O)N[C@H](C(=O)N1C(=O)[C@H](CC(N)=O)NC(=O)[C@@H](CC(=O)O)NC(=O)[C@H](Cc2cnc[nH]2)NC(=O)[C@@H](Cc2ccccc2)NC(=O)[C@H](C(C)C)NC(=O)[C@@H](CCCN)NC(=O)[C@@H]1CCCCN)C(C)C. The number of nitrogens with one attached hydrogen (secondary N) is 10. The van der Waals surface area contributed by atoms with Crippen molar-refractivity contribution in [1.82, 2.24) is 62.7 Å². The lowest BCUT2D eigenvalue weighted by Crippen LogP contribution is -2.65. The van der Waals surface area contributed by atoms with Crippen LogP contribution in [0.15, 0.2) is 47.8 Å². The Labute approximate surface area is 567 Å². The molecule has 0 aliphatic carbocycles. The van der Waals surface area contributed by atoms with Crippen LogP contribution < -0.4 is 70.8 Å². The predicted octanol–water partition coefficient (Wildman–Crippen LogP) is -2.77. The molecule has 4 rings (SSSR count). The number of aromatic amines is 1. The predicted molar refractivity (Wildman–Crippen MR) is 355 cm³/mol. The van der Waals surface area contributed by atoms with Gasteiger partial charge in [0.1, 0.15) is 66.5 Å². The van der Waals surface area contributed by atoms with E-state index >= 15 is 14.4 Å². The molecule has 97 heavy (non-hydrogen) atoms. The summed E-state index contributed by atoms with van der Waals surface area (Å²) in [7, 11) is 0. The van der Waals surface area contributed by atoms with Crippen molar-refractivity contribution in [2.75, 3.05) is 18.8 Å². The number of nitrogens with zero attached hydrogens (tertiary/aromatic N) is 3. The van der Waals surface area contributed by atoms with Gasteiger partial charge in [-0.3, -0.25) is 77.0 Å². The molecule has 0 unspecified atom stereocenters. The molecular weight excluding hydrogens is 1280 g/mol. The number of unbranched alkanes of at least 4 members (excludes halogenated alkanes) is 1. The number of aromatic nitrogens is 2. The number of carbonyl (C=O) groups excluding carboxylic acids is 12. The molecule has 0 saturated carbocycles. The van der Waals surface area contributed by atoms with E-state index in [2.05, 4.69) is 62.8 Å². The Morgan fingerprint density at radius 1 is 0.649 bits per heavy atom. The van der Waals surface area contributed by atoms with E-state index in [1.807, 2.05) is 13.8 Å². The number of aliphatic carboxylic acids is 2. The Morgan fingerprint density at radius 3 is 1.80 bits per heavy atom. The summed E-state index contributed by atoms with van der Waals surface area (Å²) >= 11 is 1.29. The molecular formula is C63H97N17O16S. The number of benzene rings is 1. The van der Waals surface area contributed by atoms with Gasteiger partial charge in [0.2, 0.25) is 59.1 Å². The standard InChI is InChI=1S/C63H97N17O16S/c1-31(2)23-39(72-58(92)44-29-97-61(77-44)49(67)32(3)4)54(88)70-38(19-20-47(82)83)53(87)79-51(34(7)8)63(96)80-45(18-12-13-21-64)59(93)71-37(17-14-22-65)52(86)78-50(33(5)6)60(94)75-40(24-35-15-10-9-11-16-35)55(89)73-41(25-36-28-68-30-69-36)56(90)74-42(27-48(84)85)57(91)76-43(62(80)95)26-46(66)81/h9-11,15-16,28,30-34,37-45,49-51H,12-14,17-27,29,64-65,67H2,1-8H3,(H2,66,81)(H,68,69)(H,70,88)(H,71,93)(H,72,92)(H,73,89)(H,74,90)(H,75,94)(H,76,91)(H,78,86)(H,79,87)(H,82,83)(H,84,85)/t37-,38-,39+,40-,41+,42-,43+,44+,45+,49+,50+,51+/m1/s1. The summed E-state index contributed by atoms with van der Waals surface area (Å²) in [5, 5.41) is 43.4. The van der Waals surface area contributed by atoms with E-state index < -0.39 is 206 Å². The molecule has 34 heteroatoms. The van der Waals surface area contributed by atoms with Crippen LogP contribution in [-0.2, 0) is 80.0 Å². The number of thioether (sulfide) groups is 1. The van der Waals surface area contributed by atoms with Crippen LogP contribution in [-0.4, -0.2) is 204 Å². The number of hydrogen-bond acceptors (Lipinski definition) is 20. The Morgan fingerprint density at radius 2 is 1.24 bits per heavy atom. The van der Waals surface area contributed by atoms with Crippen LogP contribution in [0.1, 0.15) is 131 Å². The van der Waals surface area contributed by atoms with Crippen molar-refractivity contribution >= 4 is 99.6 Å². The molecule has 1 saturated heterocycles. The normalized spacial score (nSPS) is 22.3. The third-order valence-electron chi connectivity index (χ3n) is 16.0. The maximum Gasteiger partial charge on any atom is 0.305 e. The Kier molecular flexibility index (Phi) is 32.7. The number of carboxylic acid groups (broad SMARTS) is 2. The van der Waals surface area contributed by atoms with Gasteiger partial charge in [0.05, 0.1) is 30.3 Å². The molecule has 12 atom stereocenters. The fourth-order valence-electron chi connectivity index (χ4n) is 10.5. The minimum atomic E-state index is -2.33. The van der Waals surface area contributed by atoms with Crippen molar-refractivity contribution in [1.29, 1.82) is 0 Å². The van der Waals surface area contributed by atoms with E-state index in [0.717, 1.165) is 0 Å². The smallest absolute Gasteiger partial charge is 0.305 e. The number of nitrogens with two attached hydrogens (primary N) is 4. The van der Waals surface area contributed by atoms with Gasteiger partial charge in [-0.1, -0.05) is 85.7 Å². The lowest BCUT2D eigenvalue weighted by molar-refractivity contribution is -0.157. The van der Waals surface area contributed by atoms with Crippen molar-refractivity contribution < 1.29 is 77.3 Å². The third-order valence-corrected chi connectivity index (χ3v) is 17.1. The number of H-pyrrole nitrogens is 1. The van der Waals surface area contributed by atoms with Crippen LogP contribution in [0.3, 0.4) is 0 Å². The average Bonchev–Trinajstić information content (AvgIpc) is 1.35. The zero-order chi connectivity index (χ0) is 72.4. The van der Waals surface area contributed by atoms with E-state index in [4.69, 9.17) is 22.9 Å². The zero-order valence-corrected chi connectivity index (χ0v) is 56.9. The van der Waals surface area contributed by atoms with Crippen molar-refractivity contribution in [3.8, 4) is 0 Å². The topological polar surface area (TPSA) is 536 Å². The fourth-order valence-corrected chi connectivity index (χ4v) is 11.8. The minimum absolute atomic E-state index is 0.00337. The number of aliphatic imine (C=N–C) groups is 1. The quantitative estimate of drug-likeness (QED) is 0.0340. The summed E-state index contributed by atoms with van der Waals surface area (Å²) in [5.41, 5.74) is 24.7. The highest BCUT2D eigenvalue weighted by atomic mass is 32.2. The second kappa shape index (κ2) is 39.4. The summed E-state index contributed by atoms with van der Waals surface area (Å²) in [5.74, 6) is -18.9. The van der Waals surface area contributed by atoms with E-state index in [-0.39, 0.29) is 74.9 Å². The van der Waals surface area contributed by atoms with Crippen LogP contribution in [0, 0.1) is 23.7 Å². The van der Waals surface area contributed by atoms with E-state index in [0.29, 0.717) is 15.5 Å². The van der Waals surface area contributed by atoms with Crippen LogP contribution in [0.5, 0.6) is 0 Å². The second-order valence-corrected chi connectivity index (χ2v) is 26.6. The van der Waals surface area contributed by atoms with Gasteiger partial charge in [-0.15, -0.1) is 11.8 Å². The highest BCUT2D eigenvalue weighted by Crippen LogP contribution is 2.24. The summed E-state index contributed by atoms with van der Waals surface area (Å²) in [6.07, 6.45) is -2.40. The van der Waals surface area contributed by atoms with Gasteiger partial charge >= 0.3 is 11.9 Å². The lowest BCUT2D eigenvalue weighted by atomic mass is 9.97. The molecule has 1 aromatic heterocycles. The molecule has 20 N–H and O–H groups in total. The fraction of sp³-hybridized carbons (Fsp3) is 0.619. The largest absolute Gasteiger partial charge is 0.481 e. The Bertz CT molecular complexity index is 3120. The van der Waals surface area contributed by atoms with Gasteiger partial charge in [-0.2, -0.15) is 0 Å². The molecule has 2 aromatic rings. The van der Waals surface area contributed by atoms with E-state index in [1.165, 1.54) is 38.1 Å². The number of imidazole rings is 1. The van der Waals surface area contributed by atoms with Gasteiger partial charge in [-0.05, 0) is 87.3 Å². The highest BCUT2D eigenvalue weighted by molar-refractivity contribution is 8.14. The number of carboxylic acids is 2. The van der Waals surface area contributed by atoms with Gasteiger partial charge in [0, 0.05) is 36.9 Å². The van der Waals surface area contributed by atoms with Crippen molar-refractivity contribution in [2.45, 2.75) is 205 Å². The molecule has 0 radical (unpaired) electrons. The molecule has 2 aliphatic heterocycles. The maximum atomic E-state index is 15.9. The zero-order valence-electron chi connectivity index (χ0n) is 56.1. The van der Waals surface area contributed by atoms with Crippen LogP contribution in [0.25, 0.3) is 0 Å². The van der Waals surface area contributed by atoms with Gasteiger partial charge < -0.3 is 86.0 Å². The maximum absolute atomic E-state index is 15.9. The van der Waals surface area contributed by atoms with Crippen LogP contribution in [0.2, 0.25) is 0 Å². The Balaban J connectivity index is 1.96. The van der Waals surface area contributed by atoms with Crippen LogP contribution >= 0.6 is 11.8 Å². The molecule has 33 nitrogen and oxygen atoms in total. The minimum Gasteiger partial charge on any atom is -0.481 e. The summed E-state index contributed by atoms with van der Waals surface area (Å²) in [6.45, 7) is 13.2. The van der Waals surface area contributed by atoms with Crippen molar-refractivity contribution in [3.63, 3.8) is 0 Å². The third kappa shape index (κ3) is 25.6. The van der Waals surface area contributed by atoms with Crippen molar-refractivity contribution in [3.05, 3.63) is 54.1 Å². The number of carbonyl (C=O) groups is 14. The first-order chi connectivity index (χ1) is 45.8. The molecule has 1 aromatic carbocycles. The van der Waals surface area contributed by atoms with Crippen molar-refractivity contribution in [2.24, 2.45) is 51.6 Å². The van der Waals surface area contributed by atoms with E-state index in [9.17, 15) is 63.0 Å². The molecule has 0 spiro atoms. The van der Waals surface area contributed by atoms with Gasteiger partial charge in [0.25, 0.3) is 11.8 Å². The number of imide groups is 1. The molecule has 3 heterocycles. The van der Waals surface area contributed by atoms with Gasteiger partial charge in [-0.25, -0.2) is 4.98 Å².